The zero-order chi connectivity index (χ0) is 16.0. The van der Waals surface area contributed by atoms with Gasteiger partial charge in [-0.05, 0) is 20.8 Å². The van der Waals surface area contributed by atoms with Crippen LogP contribution in [0.4, 0.5) is 0 Å². The summed E-state index contributed by atoms with van der Waals surface area (Å²) in [5.74, 6) is 0. The van der Waals surface area contributed by atoms with E-state index in [1.165, 1.54) is 10.6 Å². The summed E-state index contributed by atoms with van der Waals surface area (Å²) in [4.78, 5) is 14.1. The SMILES string of the molecule is Cc1csc([C@H]2CN(Cc3c(C)nc4sc(C)cn34)CCO2)n1. The Bertz CT molecular complexity index is 834. The number of fused-ring (bicyclic) bond motifs is 1. The molecular formula is C16H20N4OS2. The van der Waals surface area contributed by atoms with Gasteiger partial charge in [-0.2, -0.15) is 0 Å². The molecule has 4 heterocycles. The molecule has 1 fully saturated rings. The maximum atomic E-state index is 5.93. The Morgan fingerprint density at radius 3 is 2.96 bits per heavy atom. The maximum absolute atomic E-state index is 5.93. The number of aromatic nitrogens is 3. The number of hydrogen-bond donors (Lipinski definition) is 0. The second-order valence-electron chi connectivity index (χ2n) is 6.06. The first kappa shape index (κ1) is 15.3. The molecule has 1 aliphatic heterocycles. The highest BCUT2D eigenvalue weighted by Gasteiger charge is 2.25. The van der Waals surface area contributed by atoms with E-state index in [1.807, 2.05) is 6.92 Å². The lowest BCUT2D eigenvalue weighted by Gasteiger charge is -2.31. The van der Waals surface area contributed by atoms with E-state index in [2.05, 4.69) is 39.7 Å². The van der Waals surface area contributed by atoms with Crippen LogP contribution in [0.5, 0.6) is 0 Å². The molecule has 0 saturated carbocycles. The third-order valence-corrected chi connectivity index (χ3v) is 6.13. The second kappa shape index (κ2) is 5.98. The zero-order valence-corrected chi connectivity index (χ0v) is 15.2. The molecule has 0 spiro atoms. The number of thiazole rings is 2. The summed E-state index contributed by atoms with van der Waals surface area (Å²) in [6, 6.07) is 0. The highest BCUT2D eigenvalue weighted by Crippen LogP contribution is 2.27. The molecule has 0 N–H and O–H groups in total. The lowest BCUT2D eigenvalue weighted by Crippen LogP contribution is -2.38. The minimum Gasteiger partial charge on any atom is -0.368 e. The quantitative estimate of drug-likeness (QED) is 0.728. The highest BCUT2D eigenvalue weighted by molar-refractivity contribution is 7.17. The first-order chi connectivity index (χ1) is 11.1. The van der Waals surface area contributed by atoms with Gasteiger partial charge in [0.2, 0.25) is 0 Å². The Hall–Kier alpha value is -1.28. The van der Waals surface area contributed by atoms with Gasteiger partial charge in [-0.3, -0.25) is 9.30 Å². The van der Waals surface area contributed by atoms with Gasteiger partial charge in [-0.25, -0.2) is 9.97 Å². The van der Waals surface area contributed by atoms with Crippen LogP contribution in [0.1, 0.15) is 33.1 Å². The molecule has 1 atom stereocenters. The molecule has 0 aromatic carbocycles. The molecular weight excluding hydrogens is 328 g/mol. The van der Waals surface area contributed by atoms with Crippen molar-refractivity contribution in [2.24, 2.45) is 0 Å². The third-order valence-electron chi connectivity index (χ3n) is 4.18. The van der Waals surface area contributed by atoms with Crippen LogP contribution < -0.4 is 0 Å². The molecule has 1 aliphatic rings. The van der Waals surface area contributed by atoms with Crippen LogP contribution >= 0.6 is 22.7 Å². The van der Waals surface area contributed by atoms with Gasteiger partial charge < -0.3 is 4.74 Å². The first-order valence-corrected chi connectivity index (χ1v) is 9.49. The second-order valence-corrected chi connectivity index (χ2v) is 8.16. The zero-order valence-electron chi connectivity index (χ0n) is 13.6. The number of rotatable bonds is 3. The first-order valence-electron chi connectivity index (χ1n) is 7.80. The molecule has 3 aromatic heterocycles. The van der Waals surface area contributed by atoms with Gasteiger partial charge in [0.05, 0.1) is 18.0 Å². The Labute approximate surface area is 143 Å². The average Bonchev–Trinajstić information content (AvgIpc) is 3.17. The summed E-state index contributed by atoms with van der Waals surface area (Å²) in [6.07, 6.45) is 2.28. The van der Waals surface area contributed by atoms with E-state index in [9.17, 15) is 0 Å². The molecule has 122 valence electrons. The van der Waals surface area contributed by atoms with Crippen molar-refractivity contribution in [3.05, 3.63) is 38.5 Å². The van der Waals surface area contributed by atoms with Gasteiger partial charge in [0.25, 0.3) is 0 Å². The summed E-state index contributed by atoms with van der Waals surface area (Å²) in [6.45, 7) is 9.78. The van der Waals surface area contributed by atoms with Crippen LogP contribution in [0.3, 0.4) is 0 Å². The van der Waals surface area contributed by atoms with Crippen LogP contribution in [0.25, 0.3) is 4.96 Å². The van der Waals surface area contributed by atoms with Crippen molar-refractivity contribution in [2.75, 3.05) is 19.7 Å². The standard InChI is InChI=1S/C16H20N4OS2/c1-10-9-22-15(17-10)14-8-19(4-5-21-14)7-13-12(3)18-16-20(13)6-11(2)23-16/h6,9,14H,4-5,7-8H2,1-3H3/t14-/m1/s1. The summed E-state index contributed by atoms with van der Waals surface area (Å²) in [5, 5.41) is 3.19. The number of hydrogen-bond acceptors (Lipinski definition) is 6. The van der Waals surface area contributed by atoms with Gasteiger partial charge in [0.15, 0.2) is 4.96 Å². The van der Waals surface area contributed by atoms with Crippen molar-refractivity contribution in [3.8, 4) is 0 Å². The largest absolute Gasteiger partial charge is 0.368 e. The molecule has 0 amide bonds. The fraction of sp³-hybridized carbons (Fsp3) is 0.500. The Morgan fingerprint density at radius 2 is 2.17 bits per heavy atom. The normalized spacial score (nSPS) is 19.7. The number of nitrogens with zero attached hydrogens (tertiary/aromatic N) is 4. The van der Waals surface area contributed by atoms with E-state index in [-0.39, 0.29) is 6.10 Å². The molecule has 4 rings (SSSR count). The van der Waals surface area contributed by atoms with E-state index >= 15 is 0 Å². The molecule has 1 saturated heterocycles. The third kappa shape index (κ3) is 2.94. The molecule has 3 aromatic rings. The average molecular weight is 348 g/mol. The Morgan fingerprint density at radius 1 is 1.30 bits per heavy atom. The molecule has 0 bridgehead atoms. The fourth-order valence-corrected chi connectivity index (χ4v) is 4.75. The highest BCUT2D eigenvalue weighted by atomic mass is 32.1. The van der Waals surface area contributed by atoms with Crippen molar-refractivity contribution in [1.82, 2.24) is 19.3 Å². The molecule has 7 heteroatoms. The maximum Gasteiger partial charge on any atom is 0.194 e. The van der Waals surface area contributed by atoms with Crippen molar-refractivity contribution in [2.45, 2.75) is 33.4 Å². The van der Waals surface area contributed by atoms with Gasteiger partial charge in [0.1, 0.15) is 11.1 Å². The minimum absolute atomic E-state index is 0.0929. The number of aryl methyl sites for hydroxylation is 3. The lowest BCUT2D eigenvalue weighted by atomic mass is 10.2. The summed E-state index contributed by atoms with van der Waals surface area (Å²) in [5.41, 5.74) is 3.50. The summed E-state index contributed by atoms with van der Waals surface area (Å²) >= 11 is 3.45. The number of imidazole rings is 1. The van der Waals surface area contributed by atoms with Crippen LogP contribution in [0.15, 0.2) is 11.6 Å². The lowest BCUT2D eigenvalue weighted by molar-refractivity contribution is -0.0335. The number of morpholine rings is 1. The topological polar surface area (TPSA) is 42.7 Å². The number of ether oxygens (including phenoxy) is 1. The van der Waals surface area contributed by atoms with E-state index < -0.39 is 0 Å². The van der Waals surface area contributed by atoms with Gasteiger partial charge >= 0.3 is 0 Å². The fourth-order valence-electron chi connectivity index (χ4n) is 3.03. The van der Waals surface area contributed by atoms with Gasteiger partial charge in [-0.15, -0.1) is 22.7 Å². The smallest absolute Gasteiger partial charge is 0.194 e. The predicted octanol–water partition coefficient (Wildman–Crippen LogP) is 3.35. The Balaban J connectivity index is 1.54. The van der Waals surface area contributed by atoms with E-state index in [0.717, 1.165) is 47.6 Å². The monoisotopic (exact) mass is 348 g/mol. The predicted molar refractivity (Wildman–Crippen MR) is 93.4 cm³/mol. The summed E-state index contributed by atoms with van der Waals surface area (Å²) in [7, 11) is 0. The van der Waals surface area contributed by atoms with Gasteiger partial charge in [0, 0.05) is 41.8 Å². The minimum atomic E-state index is 0.0929. The van der Waals surface area contributed by atoms with Crippen molar-refractivity contribution in [1.29, 1.82) is 0 Å². The summed E-state index contributed by atoms with van der Waals surface area (Å²) < 4.78 is 8.18. The van der Waals surface area contributed by atoms with Crippen molar-refractivity contribution >= 4 is 27.6 Å². The Kier molecular flexibility index (Phi) is 3.96. The van der Waals surface area contributed by atoms with Crippen molar-refractivity contribution < 1.29 is 4.74 Å². The van der Waals surface area contributed by atoms with E-state index in [0.29, 0.717) is 0 Å². The molecule has 0 aliphatic carbocycles. The van der Waals surface area contributed by atoms with Crippen LogP contribution in [0, 0.1) is 20.8 Å². The van der Waals surface area contributed by atoms with Crippen LogP contribution in [-0.2, 0) is 11.3 Å². The molecule has 0 unspecified atom stereocenters. The van der Waals surface area contributed by atoms with Gasteiger partial charge in [-0.1, -0.05) is 0 Å². The van der Waals surface area contributed by atoms with Crippen LogP contribution in [-0.4, -0.2) is 39.0 Å². The van der Waals surface area contributed by atoms with E-state index in [1.54, 1.807) is 22.7 Å². The molecule has 0 radical (unpaired) electrons. The van der Waals surface area contributed by atoms with Crippen LogP contribution in [0.2, 0.25) is 0 Å². The van der Waals surface area contributed by atoms with E-state index in [4.69, 9.17) is 9.72 Å². The van der Waals surface area contributed by atoms with Crippen molar-refractivity contribution in [3.63, 3.8) is 0 Å². The molecule has 5 nitrogen and oxygen atoms in total. The molecule has 23 heavy (non-hydrogen) atoms.